The number of hydrogen-bond donors (Lipinski definition) is 0. The molecular weight excluding hydrogens is 448 g/mol. The maximum absolute atomic E-state index is 9.22. The van der Waals surface area contributed by atoms with E-state index in [1.165, 1.54) is 54.6 Å². The van der Waals surface area contributed by atoms with Crippen LogP contribution in [0, 0.1) is 11.3 Å². The molecule has 37 heavy (non-hydrogen) atoms. The molecule has 6 rings (SSSR count). The van der Waals surface area contributed by atoms with Crippen LogP contribution < -0.4 is 0 Å². The Morgan fingerprint density at radius 3 is 2.00 bits per heavy atom. The minimum absolute atomic E-state index is 0.179. The number of likely N-dealkylation sites (N-methyl/N-ethyl adjacent to an activating group) is 1. The highest BCUT2D eigenvalue weighted by atomic mass is 15.1. The van der Waals surface area contributed by atoms with Crippen molar-refractivity contribution in [3.05, 3.63) is 132 Å². The molecule has 0 heterocycles. The maximum Gasteiger partial charge on any atom is 0.0991 e. The van der Waals surface area contributed by atoms with Crippen molar-refractivity contribution in [2.75, 3.05) is 14.1 Å². The van der Waals surface area contributed by atoms with Gasteiger partial charge in [-0.1, -0.05) is 84.9 Å². The average Bonchev–Trinajstić information content (AvgIpc) is 2.94. The molecule has 0 aliphatic carbocycles. The summed E-state index contributed by atoms with van der Waals surface area (Å²) in [6.45, 7) is 0. The van der Waals surface area contributed by atoms with Crippen LogP contribution in [0.2, 0.25) is 0 Å². The van der Waals surface area contributed by atoms with E-state index < -0.39 is 0 Å². The quantitative estimate of drug-likeness (QED) is 0.233. The molecule has 6 aromatic carbocycles. The molecular formula is C35H28N2. The van der Waals surface area contributed by atoms with E-state index in [0.717, 1.165) is 6.42 Å². The van der Waals surface area contributed by atoms with Crippen LogP contribution in [-0.2, 0) is 6.42 Å². The fourth-order valence-electron chi connectivity index (χ4n) is 5.57. The molecule has 0 N–H and O–H groups in total. The van der Waals surface area contributed by atoms with Gasteiger partial charge in [0.05, 0.1) is 11.6 Å². The van der Waals surface area contributed by atoms with Gasteiger partial charge in [-0.2, -0.15) is 5.26 Å². The van der Waals surface area contributed by atoms with Gasteiger partial charge in [0.15, 0.2) is 0 Å². The monoisotopic (exact) mass is 476 g/mol. The molecule has 1 unspecified atom stereocenters. The van der Waals surface area contributed by atoms with Gasteiger partial charge in [-0.15, -0.1) is 0 Å². The zero-order valence-corrected chi connectivity index (χ0v) is 21.1. The molecule has 0 aromatic heterocycles. The first-order chi connectivity index (χ1) is 18.1. The normalized spacial score (nSPS) is 12.3. The van der Waals surface area contributed by atoms with E-state index in [-0.39, 0.29) is 6.04 Å². The Hall–Kier alpha value is -4.45. The van der Waals surface area contributed by atoms with Crippen molar-refractivity contribution in [1.82, 2.24) is 4.90 Å². The first-order valence-corrected chi connectivity index (χ1v) is 12.7. The van der Waals surface area contributed by atoms with Crippen molar-refractivity contribution in [1.29, 1.82) is 5.26 Å². The highest BCUT2D eigenvalue weighted by Crippen LogP contribution is 2.42. The van der Waals surface area contributed by atoms with Crippen LogP contribution in [0.5, 0.6) is 0 Å². The molecule has 0 aliphatic heterocycles. The summed E-state index contributed by atoms with van der Waals surface area (Å²) in [5, 5.41) is 16.8. The Bertz CT molecular complexity index is 1780. The zero-order chi connectivity index (χ0) is 25.4. The summed E-state index contributed by atoms with van der Waals surface area (Å²) >= 11 is 0. The smallest absolute Gasteiger partial charge is 0.0991 e. The summed E-state index contributed by atoms with van der Waals surface area (Å²) in [6, 6.07) is 43.6. The van der Waals surface area contributed by atoms with Gasteiger partial charge < -0.3 is 4.90 Å². The molecule has 0 radical (unpaired) electrons. The molecule has 0 saturated carbocycles. The van der Waals surface area contributed by atoms with Crippen molar-refractivity contribution in [2.45, 2.75) is 12.5 Å². The number of nitrogens with zero attached hydrogens (tertiary/aromatic N) is 2. The molecule has 0 spiro atoms. The van der Waals surface area contributed by atoms with Crippen LogP contribution in [0.3, 0.4) is 0 Å². The summed E-state index contributed by atoms with van der Waals surface area (Å²) in [6.07, 6.45) is 0.862. The summed E-state index contributed by atoms with van der Waals surface area (Å²) in [5.74, 6) is 0. The maximum atomic E-state index is 9.22. The molecule has 0 fully saturated rings. The number of nitriles is 1. The van der Waals surface area contributed by atoms with Crippen molar-refractivity contribution in [3.63, 3.8) is 0 Å². The number of benzene rings is 6. The largest absolute Gasteiger partial charge is 0.302 e. The van der Waals surface area contributed by atoms with Crippen LogP contribution in [0.1, 0.15) is 22.7 Å². The van der Waals surface area contributed by atoms with E-state index >= 15 is 0 Å². The lowest BCUT2D eigenvalue weighted by atomic mass is 9.85. The van der Waals surface area contributed by atoms with E-state index in [2.05, 4.69) is 128 Å². The van der Waals surface area contributed by atoms with E-state index in [1.54, 1.807) is 0 Å². The van der Waals surface area contributed by atoms with Crippen LogP contribution in [-0.4, -0.2) is 19.0 Å². The molecule has 6 aromatic rings. The first-order valence-electron chi connectivity index (χ1n) is 12.7. The summed E-state index contributed by atoms with van der Waals surface area (Å²) in [7, 11) is 4.31. The topological polar surface area (TPSA) is 27.0 Å². The minimum Gasteiger partial charge on any atom is -0.302 e. The van der Waals surface area contributed by atoms with E-state index in [1.807, 2.05) is 12.1 Å². The minimum atomic E-state index is 0.179. The van der Waals surface area contributed by atoms with Crippen molar-refractivity contribution in [2.24, 2.45) is 0 Å². The van der Waals surface area contributed by atoms with Gasteiger partial charge in [0.25, 0.3) is 0 Å². The van der Waals surface area contributed by atoms with Gasteiger partial charge in [-0.05, 0) is 105 Å². The molecule has 0 amide bonds. The summed E-state index contributed by atoms with van der Waals surface area (Å²) in [4.78, 5) is 2.31. The Labute approximate surface area is 218 Å². The summed E-state index contributed by atoms with van der Waals surface area (Å²) < 4.78 is 0. The average molecular weight is 477 g/mol. The second kappa shape index (κ2) is 9.54. The molecule has 2 heteroatoms. The van der Waals surface area contributed by atoms with Crippen molar-refractivity contribution >= 4 is 32.3 Å². The third-order valence-electron chi connectivity index (χ3n) is 7.45. The predicted molar refractivity (Wildman–Crippen MR) is 156 cm³/mol. The van der Waals surface area contributed by atoms with Crippen LogP contribution >= 0.6 is 0 Å². The van der Waals surface area contributed by atoms with Gasteiger partial charge in [0.2, 0.25) is 0 Å². The van der Waals surface area contributed by atoms with Crippen molar-refractivity contribution < 1.29 is 0 Å². The lowest BCUT2D eigenvalue weighted by Crippen LogP contribution is -2.22. The molecule has 0 aliphatic rings. The third-order valence-corrected chi connectivity index (χ3v) is 7.45. The highest BCUT2D eigenvalue weighted by molar-refractivity contribution is 6.16. The molecule has 1 atom stereocenters. The Balaban J connectivity index is 1.60. The molecule has 178 valence electrons. The van der Waals surface area contributed by atoms with E-state index in [9.17, 15) is 5.26 Å². The number of fused-ring (bicyclic) bond motifs is 3. The lowest BCUT2D eigenvalue weighted by molar-refractivity contribution is 0.298. The lowest BCUT2D eigenvalue weighted by Gasteiger charge is -2.28. The van der Waals surface area contributed by atoms with Crippen LogP contribution in [0.15, 0.2) is 115 Å². The molecule has 2 nitrogen and oxygen atoms in total. The number of hydrogen-bond acceptors (Lipinski definition) is 2. The van der Waals surface area contributed by atoms with E-state index in [0.29, 0.717) is 5.56 Å². The number of rotatable bonds is 5. The second-order valence-corrected chi connectivity index (χ2v) is 9.97. The fourth-order valence-corrected chi connectivity index (χ4v) is 5.57. The van der Waals surface area contributed by atoms with Gasteiger partial charge in [-0.25, -0.2) is 0 Å². The Morgan fingerprint density at radius 1 is 0.649 bits per heavy atom. The van der Waals surface area contributed by atoms with Crippen LogP contribution in [0.25, 0.3) is 43.4 Å². The predicted octanol–water partition coefficient (Wildman–Crippen LogP) is 8.53. The molecule has 0 bridgehead atoms. The van der Waals surface area contributed by atoms with Gasteiger partial charge in [0, 0.05) is 6.04 Å². The zero-order valence-electron chi connectivity index (χ0n) is 21.1. The standard InChI is InChI=1S/C35H28N2/c1-37(2)34(19-24-15-17-25(23-36)18-16-24)31-13-7-8-14-32(31)35-30-12-6-5-11-28(30)21-29-20-26-9-3-4-10-27(26)22-33(29)35/h3-18,20-22,34H,19H2,1-2H3. The summed E-state index contributed by atoms with van der Waals surface area (Å²) in [5.41, 5.74) is 5.79. The Kier molecular flexibility index (Phi) is 5.93. The second-order valence-electron chi connectivity index (χ2n) is 9.97. The molecule has 0 saturated heterocycles. The van der Waals surface area contributed by atoms with E-state index in [4.69, 9.17) is 0 Å². The highest BCUT2D eigenvalue weighted by Gasteiger charge is 2.21. The van der Waals surface area contributed by atoms with Gasteiger partial charge in [0.1, 0.15) is 0 Å². The third kappa shape index (κ3) is 4.25. The fraction of sp³-hybridized carbons (Fsp3) is 0.114. The SMILES string of the molecule is CN(C)C(Cc1ccc(C#N)cc1)c1ccccc1-c1c2ccccc2cc2cc3ccccc3cc12. The van der Waals surface area contributed by atoms with Crippen LogP contribution in [0.4, 0.5) is 0 Å². The Morgan fingerprint density at radius 2 is 1.27 bits per heavy atom. The van der Waals surface area contributed by atoms with Gasteiger partial charge in [-0.3, -0.25) is 0 Å². The van der Waals surface area contributed by atoms with Gasteiger partial charge >= 0.3 is 0 Å². The first kappa shape index (κ1) is 23.0. The van der Waals surface area contributed by atoms with Crippen molar-refractivity contribution in [3.8, 4) is 17.2 Å².